The Kier molecular flexibility index (Phi) is 4.54. The number of carbonyl (C=O) groups is 1. The SMILES string of the molecule is CCNCC(C)=C(C)C(N)=O. The number of amides is 1. The normalized spacial score (nSPS) is 12.6. The van der Waals surface area contributed by atoms with E-state index in [1.807, 2.05) is 13.8 Å². The van der Waals surface area contributed by atoms with Crippen molar-refractivity contribution in [3.8, 4) is 0 Å². The van der Waals surface area contributed by atoms with Gasteiger partial charge in [0.25, 0.3) is 0 Å². The first kappa shape index (κ1) is 10.2. The molecule has 3 N–H and O–H groups in total. The summed E-state index contributed by atoms with van der Waals surface area (Å²) in [4.78, 5) is 10.6. The molecule has 0 spiro atoms. The Balaban J connectivity index is 4.05. The van der Waals surface area contributed by atoms with Gasteiger partial charge in [0.05, 0.1) is 0 Å². The smallest absolute Gasteiger partial charge is 0.244 e. The molecule has 1 amide bonds. The number of hydrogen-bond acceptors (Lipinski definition) is 2. The number of nitrogens with one attached hydrogen (secondary N) is 1. The molecule has 64 valence electrons. The zero-order valence-corrected chi connectivity index (χ0v) is 7.40. The molecule has 0 aromatic rings. The van der Waals surface area contributed by atoms with E-state index < -0.39 is 0 Å². The van der Waals surface area contributed by atoms with Crippen LogP contribution in [-0.2, 0) is 4.79 Å². The molecule has 0 unspecified atom stereocenters. The Labute approximate surface area is 67.7 Å². The maximum absolute atomic E-state index is 10.6. The topological polar surface area (TPSA) is 55.1 Å². The summed E-state index contributed by atoms with van der Waals surface area (Å²) in [6, 6.07) is 0. The van der Waals surface area contributed by atoms with Crippen LogP contribution in [0.2, 0.25) is 0 Å². The van der Waals surface area contributed by atoms with Crippen molar-refractivity contribution in [3.05, 3.63) is 11.1 Å². The summed E-state index contributed by atoms with van der Waals surface area (Å²) in [5.74, 6) is -0.333. The van der Waals surface area contributed by atoms with Gasteiger partial charge in [-0.3, -0.25) is 4.79 Å². The summed E-state index contributed by atoms with van der Waals surface area (Å²) in [5, 5.41) is 3.12. The number of nitrogens with two attached hydrogens (primary N) is 1. The zero-order valence-electron chi connectivity index (χ0n) is 7.40. The highest BCUT2D eigenvalue weighted by atomic mass is 16.1. The molecule has 11 heavy (non-hydrogen) atoms. The lowest BCUT2D eigenvalue weighted by atomic mass is 10.1. The third-order valence-corrected chi connectivity index (χ3v) is 1.65. The lowest BCUT2D eigenvalue weighted by Crippen LogP contribution is -2.20. The molecule has 0 saturated carbocycles. The molecule has 0 aromatic carbocycles. The van der Waals surface area contributed by atoms with Crippen LogP contribution in [0, 0.1) is 0 Å². The molecular formula is C8H16N2O. The monoisotopic (exact) mass is 156 g/mol. The van der Waals surface area contributed by atoms with E-state index >= 15 is 0 Å². The minimum absolute atomic E-state index is 0.333. The molecular weight excluding hydrogens is 140 g/mol. The van der Waals surface area contributed by atoms with Gasteiger partial charge in [0.2, 0.25) is 5.91 Å². The minimum Gasteiger partial charge on any atom is -0.366 e. The van der Waals surface area contributed by atoms with Crippen molar-refractivity contribution in [3.63, 3.8) is 0 Å². The molecule has 0 saturated heterocycles. The highest BCUT2D eigenvalue weighted by molar-refractivity contribution is 5.92. The van der Waals surface area contributed by atoms with Gasteiger partial charge < -0.3 is 11.1 Å². The summed E-state index contributed by atoms with van der Waals surface area (Å²) in [6.45, 7) is 7.32. The van der Waals surface area contributed by atoms with Crippen LogP contribution in [-0.4, -0.2) is 19.0 Å². The van der Waals surface area contributed by atoms with Crippen LogP contribution < -0.4 is 11.1 Å². The first-order valence-corrected chi connectivity index (χ1v) is 3.76. The van der Waals surface area contributed by atoms with Crippen LogP contribution in [0.1, 0.15) is 20.8 Å². The molecule has 3 nitrogen and oxygen atoms in total. The highest BCUT2D eigenvalue weighted by Crippen LogP contribution is 1.99. The van der Waals surface area contributed by atoms with Crippen molar-refractivity contribution in [2.24, 2.45) is 5.73 Å². The van der Waals surface area contributed by atoms with Crippen molar-refractivity contribution in [2.45, 2.75) is 20.8 Å². The van der Waals surface area contributed by atoms with Gasteiger partial charge in [-0.05, 0) is 20.4 Å². The second-order valence-corrected chi connectivity index (χ2v) is 2.55. The standard InChI is InChI=1S/C8H16N2O/c1-4-10-5-6(2)7(3)8(9)11/h10H,4-5H2,1-3H3,(H2,9,11). The quantitative estimate of drug-likeness (QED) is 0.579. The molecule has 0 aromatic heterocycles. The van der Waals surface area contributed by atoms with E-state index in [-0.39, 0.29) is 5.91 Å². The highest BCUT2D eigenvalue weighted by Gasteiger charge is 2.01. The Morgan fingerprint density at radius 1 is 1.45 bits per heavy atom. The maximum atomic E-state index is 10.6. The Morgan fingerprint density at radius 2 is 2.00 bits per heavy atom. The number of likely N-dealkylation sites (N-methyl/N-ethyl adjacent to an activating group) is 1. The second-order valence-electron chi connectivity index (χ2n) is 2.55. The van der Waals surface area contributed by atoms with Crippen molar-refractivity contribution >= 4 is 5.91 Å². The summed E-state index contributed by atoms with van der Waals surface area (Å²) < 4.78 is 0. The number of primary amides is 1. The van der Waals surface area contributed by atoms with Gasteiger partial charge in [-0.25, -0.2) is 0 Å². The first-order chi connectivity index (χ1) is 5.09. The lowest BCUT2D eigenvalue weighted by Gasteiger charge is -2.04. The fourth-order valence-electron chi connectivity index (χ4n) is 0.655. The molecule has 0 fully saturated rings. The number of hydrogen-bond donors (Lipinski definition) is 2. The summed E-state index contributed by atoms with van der Waals surface area (Å²) in [5.41, 5.74) is 6.76. The summed E-state index contributed by atoms with van der Waals surface area (Å²) >= 11 is 0. The summed E-state index contributed by atoms with van der Waals surface area (Å²) in [6.07, 6.45) is 0. The van der Waals surface area contributed by atoms with Crippen LogP contribution in [0.3, 0.4) is 0 Å². The van der Waals surface area contributed by atoms with E-state index in [1.54, 1.807) is 6.92 Å². The molecule has 3 heteroatoms. The molecule has 0 atom stereocenters. The fourth-order valence-corrected chi connectivity index (χ4v) is 0.655. The third kappa shape index (κ3) is 3.78. The Hall–Kier alpha value is -0.830. The average Bonchev–Trinajstić information content (AvgIpc) is 1.98. The van der Waals surface area contributed by atoms with Gasteiger partial charge >= 0.3 is 0 Å². The minimum atomic E-state index is -0.333. The van der Waals surface area contributed by atoms with E-state index in [0.29, 0.717) is 5.57 Å². The lowest BCUT2D eigenvalue weighted by molar-refractivity contribution is -0.114. The van der Waals surface area contributed by atoms with Gasteiger partial charge in [0.1, 0.15) is 0 Å². The predicted octanol–water partition coefficient (Wildman–Crippen LogP) is 0.418. The van der Waals surface area contributed by atoms with Gasteiger partial charge in [0.15, 0.2) is 0 Å². The summed E-state index contributed by atoms with van der Waals surface area (Å²) in [7, 11) is 0. The van der Waals surface area contributed by atoms with Gasteiger partial charge in [0, 0.05) is 12.1 Å². The maximum Gasteiger partial charge on any atom is 0.244 e. The zero-order chi connectivity index (χ0) is 8.85. The van der Waals surface area contributed by atoms with Crippen LogP contribution in [0.4, 0.5) is 0 Å². The van der Waals surface area contributed by atoms with Crippen LogP contribution in [0.15, 0.2) is 11.1 Å². The first-order valence-electron chi connectivity index (χ1n) is 3.76. The average molecular weight is 156 g/mol. The van der Waals surface area contributed by atoms with Gasteiger partial charge in [-0.15, -0.1) is 0 Å². The van der Waals surface area contributed by atoms with Crippen LogP contribution >= 0.6 is 0 Å². The molecule has 0 aliphatic carbocycles. The fraction of sp³-hybridized carbons (Fsp3) is 0.625. The van der Waals surface area contributed by atoms with E-state index in [0.717, 1.165) is 18.7 Å². The van der Waals surface area contributed by atoms with Gasteiger partial charge in [-0.1, -0.05) is 12.5 Å². The Bertz CT molecular complexity index is 173. The van der Waals surface area contributed by atoms with E-state index in [1.165, 1.54) is 0 Å². The second kappa shape index (κ2) is 4.91. The van der Waals surface area contributed by atoms with Crippen molar-refractivity contribution in [1.29, 1.82) is 0 Å². The number of carbonyl (C=O) groups excluding carboxylic acids is 1. The largest absolute Gasteiger partial charge is 0.366 e. The molecule has 0 heterocycles. The van der Waals surface area contributed by atoms with E-state index in [9.17, 15) is 4.79 Å². The molecule has 0 bridgehead atoms. The number of rotatable bonds is 4. The van der Waals surface area contributed by atoms with Crippen molar-refractivity contribution in [1.82, 2.24) is 5.32 Å². The third-order valence-electron chi connectivity index (χ3n) is 1.65. The van der Waals surface area contributed by atoms with Crippen LogP contribution in [0.25, 0.3) is 0 Å². The predicted molar refractivity (Wildman–Crippen MR) is 46.1 cm³/mol. The van der Waals surface area contributed by atoms with Crippen molar-refractivity contribution in [2.75, 3.05) is 13.1 Å². The van der Waals surface area contributed by atoms with Crippen LogP contribution in [0.5, 0.6) is 0 Å². The molecule has 0 radical (unpaired) electrons. The molecule has 0 rings (SSSR count). The van der Waals surface area contributed by atoms with Crippen molar-refractivity contribution < 1.29 is 4.79 Å². The van der Waals surface area contributed by atoms with E-state index in [4.69, 9.17) is 5.73 Å². The Morgan fingerprint density at radius 3 is 2.36 bits per heavy atom. The van der Waals surface area contributed by atoms with E-state index in [2.05, 4.69) is 5.32 Å². The molecule has 0 aliphatic rings. The molecule has 0 aliphatic heterocycles. The van der Waals surface area contributed by atoms with Gasteiger partial charge in [-0.2, -0.15) is 0 Å².